The molecule has 6 heteroatoms. The zero-order valence-electron chi connectivity index (χ0n) is 13.0. The minimum absolute atomic E-state index is 0.0962. The molecule has 1 unspecified atom stereocenters. The number of benzene rings is 2. The van der Waals surface area contributed by atoms with E-state index in [0.29, 0.717) is 22.7 Å². The number of halogens is 2. The van der Waals surface area contributed by atoms with Crippen molar-refractivity contribution in [3.8, 4) is 5.75 Å². The van der Waals surface area contributed by atoms with Crippen LogP contribution in [-0.4, -0.2) is 18.9 Å². The van der Waals surface area contributed by atoms with Crippen molar-refractivity contribution >= 4 is 29.1 Å². The molecule has 0 spiro atoms. The van der Waals surface area contributed by atoms with E-state index in [1.165, 1.54) is 19.2 Å². The molecular formula is C18H15ClFNO3. The maximum Gasteiger partial charge on any atom is 0.237 e. The number of hydrogen-bond donors (Lipinski definition) is 0. The molecule has 1 aliphatic rings. The van der Waals surface area contributed by atoms with Gasteiger partial charge >= 0.3 is 0 Å². The Morgan fingerprint density at radius 1 is 1.25 bits per heavy atom. The lowest BCUT2D eigenvalue weighted by Gasteiger charge is -2.15. The number of nitrogens with zero attached hydrogens (tertiary/aromatic N) is 1. The predicted molar refractivity (Wildman–Crippen MR) is 88.7 cm³/mol. The fraction of sp³-hybridized carbons (Fsp3) is 0.222. The Kier molecular flexibility index (Phi) is 4.53. The number of imide groups is 1. The summed E-state index contributed by atoms with van der Waals surface area (Å²) in [5.74, 6) is -1.42. The van der Waals surface area contributed by atoms with Gasteiger partial charge in [0.15, 0.2) is 11.6 Å². The van der Waals surface area contributed by atoms with Gasteiger partial charge in [0.1, 0.15) is 0 Å². The van der Waals surface area contributed by atoms with E-state index in [4.69, 9.17) is 16.3 Å². The van der Waals surface area contributed by atoms with E-state index < -0.39 is 11.7 Å². The molecule has 1 fully saturated rings. The summed E-state index contributed by atoms with van der Waals surface area (Å²) in [5.41, 5.74) is 1.10. The monoisotopic (exact) mass is 347 g/mol. The molecule has 4 nitrogen and oxygen atoms in total. The van der Waals surface area contributed by atoms with E-state index in [-0.39, 0.29) is 24.0 Å². The molecule has 24 heavy (non-hydrogen) atoms. The number of amides is 2. The van der Waals surface area contributed by atoms with Crippen LogP contribution in [0.25, 0.3) is 0 Å². The smallest absolute Gasteiger partial charge is 0.237 e. The van der Waals surface area contributed by atoms with Crippen molar-refractivity contribution in [1.82, 2.24) is 0 Å². The predicted octanol–water partition coefficient (Wildman–Crippen LogP) is 3.61. The van der Waals surface area contributed by atoms with Gasteiger partial charge in [-0.2, -0.15) is 0 Å². The highest BCUT2D eigenvalue weighted by atomic mass is 35.5. The number of rotatable bonds is 4. The standard InChI is InChI=1S/C18H15ClFNO3/c1-24-16-6-5-11(8-15(16)20)7-12-9-17(22)21(18(12)23)14-4-2-3-13(19)10-14/h2-6,8,10,12H,7,9H2,1H3. The molecule has 1 heterocycles. The molecule has 0 radical (unpaired) electrons. The summed E-state index contributed by atoms with van der Waals surface area (Å²) in [4.78, 5) is 26.0. The first-order chi connectivity index (χ1) is 11.5. The van der Waals surface area contributed by atoms with Crippen LogP contribution in [0.5, 0.6) is 5.75 Å². The van der Waals surface area contributed by atoms with Crippen molar-refractivity contribution in [3.05, 3.63) is 58.9 Å². The summed E-state index contributed by atoms with van der Waals surface area (Å²) >= 11 is 5.93. The van der Waals surface area contributed by atoms with Crippen LogP contribution in [0.1, 0.15) is 12.0 Å². The van der Waals surface area contributed by atoms with Crippen molar-refractivity contribution in [2.45, 2.75) is 12.8 Å². The highest BCUT2D eigenvalue weighted by Gasteiger charge is 2.39. The number of carbonyl (C=O) groups excluding carboxylic acids is 2. The van der Waals surface area contributed by atoms with Crippen LogP contribution >= 0.6 is 11.6 Å². The molecule has 3 rings (SSSR count). The number of ether oxygens (including phenoxy) is 1. The average molecular weight is 348 g/mol. The van der Waals surface area contributed by atoms with Gasteiger partial charge in [-0.05, 0) is 42.3 Å². The molecule has 1 aliphatic heterocycles. The van der Waals surface area contributed by atoms with Gasteiger partial charge in [-0.25, -0.2) is 4.39 Å². The average Bonchev–Trinajstić information content (AvgIpc) is 2.81. The van der Waals surface area contributed by atoms with Crippen molar-refractivity contribution in [2.75, 3.05) is 12.0 Å². The first-order valence-electron chi connectivity index (χ1n) is 7.44. The van der Waals surface area contributed by atoms with Crippen molar-refractivity contribution in [1.29, 1.82) is 0 Å². The fourth-order valence-corrected chi connectivity index (χ4v) is 3.05. The van der Waals surface area contributed by atoms with Gasteiger partial charge < -0.3 is 4.74 Å². The lowest BCUT2D eigenvalue weighted by molar-refractivity contribution is -0.122. The van der Waals surface area contributed by atoms with Gasteiger partial charge in [-0.3, -0.25) is 14.5 Å². The fourth-order valence-electron chi connectivity index (χ4n) is 2.86. The normalized spacial score (nSPS) is 17.5. The van der Waals surface area contributed by atoms with Crippen molar-refractivity contribution < 1.29 is 18.7 Å². The molecule has 0 aliphatic carbocycles. The lowest BCUT2D eigenvalue weighted by atomic mass is 9.97. The second-order valence-corrected chi connectivity index (χ2v) is 6.06. The minimum atomic E-state index is -0.510. The maximum atomic E-state index is 13.8. The Morgan fingerprint density at radius 2 is 2.04 bits per heavy atom. The van der Waals surface area contributed by atoms with Crippen LogP contribution < -0.4 is 9.64 Å². The van der Waals surface area contributed by atoms with E-state index in [1.807, 2.05) is 0 Å². The molecule has 1 saturated heterocycles. The Labute approximate surface area is 143 Å². The summed E-state index contributed by atoms with van der Waals surface area (Å²) in [6, 6.07) is 11.1. The number of anilines is 1. The molecule has 0 bridgehead atoms. The minimum Gasteiger partial charge on any atom is -0.494 e. The zero-order chi connectivity index (χ0) is 17.3. The van der Waals surface area contributed by atoms with Crippen LogP contribution in [0, 0.1) is 11.7 Å². The third-order valence-corrected chi connectivity index (χ3v) is 4.24. The Morgan fingerprint density at radius 3 is 2.71 bits per heavy atom. The molecule has 2 aromatic carbocycles. The summed E-state index contributed by atoms with van der Waals surface area (Å²) in [6.07, 6.45) is 0.390. The van der Waals surface area contributed by atoms with Crippen LogP contribution in [-0.2, 0) is 16.0 Å². The highest BCUT2D eigenvalue weighted by molar-refractivity contribution is 6.31. The van der Waals surface area contributed by atoms with Gasteiger partial charge in [0.25, 0.3) is 0 Å². The molecule has 0 saturated carbocycles. The second kappa shape index (κ2) is 6.61. The molecule has 1 atom stereocenters. The van der Waals surface area contributed by atoms with E-state index >= 15 is 0 Å². The van der Waals surface area contributed by atoms with Crippen molar-refractivity contribution in [3.63, 3.8) is 0 Å². The van der Waals surface area contributed by atoms with Crippen LogP contribution in [0.15, 0.2) is 42.5 Å². The Balaban J connectivity index is 1.80. The first kappa shape index (κ1) is 16.5. The third kappa shape index (κ3) is 3.12. The number of hydrogen-bond acceptors (Lipinski definition) is 3. The maximum absolute atomic E-state index is 13.8. The molecular weight excluding hydrogens is 333 g/mol. The van der Waals surface area contributed by atoms with E-state index in [9.17, 15) is 14.0 Å². The van der Waals surface area contributed by atoms with Gasteiger partial charge in [0.05, 0.1) is 18.7 Å². The second-order valence-electron chi connectivity index (χ2n) is 5.62. The third-order valence-electron chi connectivity index (χ3n) is 4.00. The lowest BCUT2D eigenvalue weighted by Crippen LogP contribution is -2.30. The topological polar surface area (TPSA) is 46.6 Å². The van der Waals surface area contributed by atoms with Crippen molar-refractivity contribution in [2.24, 2.45) is 5.92 Å². The van der Waals surface area contributed by atoms with E-state index in [0.717, 1.165) is 4.90 Å². The first-order valence-corrected chi connectivity index (χ1v) is 7.82. The Hall–Kier alpha value is -2.40. The summed E-state index contributed by atoms with van der Waals surface area (Å²) < 4.78 is 18.7. The molecule has 0 aromatic heterocycles. The number of methoxy groups -OCH3 is 1. The summed E-state index contributed by atoms with van der Waals surface area (Å²) in [6.45, 7) is 0. The zero-order valence-corrected chi connectivity index (χ0v) is 13.7. The summed E-state index contributed by atoms with van der Waals surface area (Å²) in [5, 5.41) is 0.453. The van der Waals surface area contributed by atoms with E-state index in [1.54, 1.807) is 30.3 Å². The van der Waals surface area contributed by atoms with Crippen LogP contribution in [0.3, 0.4) is 0 Å². The summed E-state index contributed by atoms with van der Waals surface area (Å²) in [7, 11) is 1.39. The van der Waals surface area contributed by atoms with Gasteiger partial charge in [0, 0.05) is 11.4 Å². The number of carbonyl (C=O) groups is 2. The van der Waals surface area contributed by atoms with Gasteiger partial charge in [-0.15, -0.1) is 0 Å². The van der Waals surface area contributed by atoms with Crippen LogP contribution in [0.4, 0.5) is 10.1 Å². The van der Waals surface area contributed by atoms with Gasteiger partial charge in [0.2, 0.25) is 11.8 Å². The molecule has 0 N–H and O–H groups in total. The highest BCUT2D eigenvalue weighted by Crippen LogP contribution is 2.30. The van der Waals surface area contributed by atoms with Gasteiger partial charge in [-0.1, -0.05) is 23.7 Å². The van der Waals surface area contributed by atoms with E-state index in [2.05, 4.69) is 0 Å². The van der Waals surface area contributed by atoms with Crippen LogP contribution in [0.2, 0.25) is 5.02 Å². The quantitative estimate of drug-likeness (QED) is 0.794. The molecule has 2 aromatic rings. The largest absolute Gasteiger partial charge is 0.494 e. The SMILES string of the molecule is COc1ccc(CC2CC(=O)N(c3cccc(Cl)c3)C2=O)cc1F. The molecule has 2 amide bonds. The Bertz CT molecular complexity index is 809. The molecule has 124 valence electrons.